The van der Waals surface area contributed by atoms with Gasteiger partial charge < -0.3 is 5.11 Å². The Morgan fingerprint density at radius 2 is 1.84 bits per heavy atom. The van der Waals surface area contributed by atoms with E-state index < -0.39 is 11.4 Å². The number of rotatable bonds is 6. The lowest BCUT2D eigenvalue weighted by molar-refractivity contribution is -0.153. The monoisotopic (exact) mass is 267 g/mol. The van der Waals surface area contributed by atoms with E-state index in [0.29, 0.717) is 17.9 Å². The van der Waals surface area contributed by atoms with Crippen molar-refractivity contribution in [2.24, 2.45) is 17.3 Å². The van der Waals surface area contributed by atoms with Crippen LogP contribution in [0.5, 0.6) is 0 Å². The Morgan fingerprint density at radius 1 is 1.26 bits per heavy atom. The van der Waals surface area contributed by atoms with E-state index in [1.807, 2.05) is 0 Å². The fraction of sp³-hybridized carbons (Fsp3) is 0.938. The lowest BCUT2D eigenvalue weighted by Crippen LogP contribution is -2.47. The van der Waals surface area contributed by atoms with E-state index in [0.717, 1.165) is 38.8 Å². The Morgan fingerprint density at radius 3 is 2.26 bits per heavy atom. The molecule has 2 fully saturated rings. The second kappa shape index (κ2) is 5.82. The molecule has 0 aromatic heterocycles. The van der Waals surface area contributed by atoms with Gasteiger partial charge in [-0.25, -0.2) is 0 Å². The largest absolute Gasteiger partial charge is 0.481 e. The summed E-state index contributed by atoms with van der Waals surface area (Å²) in [7, 11) is 0. The minimum absolute atomic E-state index is 0.468. The van der Waals surface area contributed by atoms with Crippen LogP contribution in [-0.4, -0.2) is 35.1 Å². The molecule has 0 heterocycles. The first kappa shape index (κ1) is 14.8. The smallest absolute Gasteiger partial charge is 0.310 e. The van der Waals surface area contributed by atoms with Gasteiger partial charge in [0.25, 0.3) is 0 Å². The normalized spacial score (nSPS) is 31.9. The standard InChI is InChI=1S/C16H29NO2/c1-12(2)10-17(14-4-5-14)11-16(15(18)19)8-6-13(3)7-9-16/h12-14H,4-11H2,1-3H3,(H,18,19). The Labute approximate surface area is 117 Å². The predicted octanol–water partition coefficient (Wildman–Crippen LogP) is 3.39. The third-order valence-corrected chi connectivity index (χ3v) is 4.85. The number of carboxylic acid groups (broad SMARTS) is 1. The zero-order chi connectivity index (χ0) is 14.0. The van der Waals surface area contributed by atoms with E-state index in [1.54, 1.807) is 0 Å². The minimum atomic E-state index is -0.561. The minimum Gasteiger partial charge on any atom is -0.481 e. The third-order valence-electron chi connectivity index (χ3n) is 4.85. The highest BCUT2D eigenvalue weighted by molar-refractivity contribution is 5.75. The molecule has 0 aromatic carbocycles. The van der Waals surface area contributed by atoms with E-state index >= 15 is 0 Å². The average Bonchev–Trinajstić information content (AvgIpc) is 3.14. The zero-order valence-corrected chi connectivity index (χ0v) is 12.7. The Bertz CT molecular complexity index is 315. The molecule has 0 saturated heterocycles. The van der Waals surface area contributed by atoms with Crippen LogP contribution in [0.4, 0.5) is 0 Å². The first-order chi connectivity index (χ1) is 8.93. The van der Waals surface area contributed by atoms with Crippen molar-refractivity contribution in [2.45, 2.75) is 65.3 Å². The molecule has 0 radical (unpaired) electrons. The fourth-order valence-electron chi connectivity index (χ4n) is 3.39. The van der Waals surface area contributed by atoms with Crippen LogP contribution in [0.15, 0.2) is 0 Å². The summed E-state index contributed by atoms with van der Waals surface area (Å²) in [5.41, 5.74) is -0.468. The first-order valence-electron chi connectivity index (χ1n) is 7.90. The zero-order valence-electron chi connectivity index (χ0n) is 12.7. The molecule has 110 valence electrons. The number of carbonyl (C=O) groups is 1. The Balaban J connectivity index is 2.04. The van der Waals surface area contributed by atoms with Gasteiger partial charge in [-0.05, 0) is 50.4 Å². The molecular weight excluding hydrogens is 238 g/mol. The summed E-state index contributed by atoms with van der Waals surface area (Å²) >= 11 is 0. The molecule has 19 heavy (non-hydrogen) atoms. The second-order valence-electron chi connectivity index (χ2n) is 7.32. The van der Waals surface area contributed by atoms with Gasteiger partial charge in [0.1, 0.15) is 0 Å². The van der Waals surface area contributed by atoms with Gasteiger partial charge in [0.05, 0.1) is 5.41 Å². The SMILES string of the molecule is CC(C)CN(CC1(C(=O)O)CCC(C)CC1)C1CC1. The summed E-state index contributed by atoms with van der Waals surface area (Å²) in [6.07, 6.45) is 6.41. The number of aliphatic carboxylic acids is 1. The molecule has 1 N–H and O–H groups in total. The van der Waals surface area contributed by atoms with Crippen molar-refractivity contribution in [2.75, 3.05) is 13.1 Å². The van der Waals surface area contributed by atoms with Crippen LogP contribution in [0.2, 0.25) is 0 Å². The van der Waals surface area contributed by atoms with Crippen LogP contribution in [-0.2, 0) is 4.79 Å². The van der Waals surface area contributed by atoms with Crippen LogP contribution in [0.1, 0.15) is 59.3 Å². The van der Waals surface area contributed by atoms with Crippen LogP contribution in [0.3, 0.4) is 0 Å². The van der Waals surface area contributed by atoms with Gasteiger partial charge in [-0.1, -0.05) is 20.8 Å². The lowest BCUT2D eigenvalue weighted by Gasteiger charge is -2.40. The van der Waals surface area contributed by atoms with E-state index in [9.17, 15) is 9.90 Å². The van der Waals surface area contributed by atoms with Gasteiger partial charge in [0.2, 0.25) is 0 Å². The van der Waals surface area contributed by atoms with Crippen LogP contribution < -0.4 is 0 Å². The van der Waals surface area contributed by atoms with Crippen molar-refractivity contribution < 1.29 is 9.90 Å². The molecule has 3 heteroatoms. The number of hydrogen-bond donors (Lipinski definition) is 1. The summed E-state index contributed by atoms with van der Waals surface area (Å²) in [4.78, 5) is 14.3. The average molecular weight is 267 g/mol. The van der Waals surface area contributed by atoms with E-state index in [4.69, 9.17) is 0 Å². The molecule has 0 bridgehead atoms. The molecule has 0 aromatic rings. The van der Waals surface area contributed by atoms with Gasteiger partial charge in [0, 0.05) is 19.1 Å². The maximum absolute atomic E-state index is 11.8. The second-order valence-corrected chi connectivity index (χ2v) is 7.32. The van der Waals surface area contributed by atoms with Gasteiger partial charge in [-0.3, -0.25) is 9.69 Å². The first-order valence-corrected chi connectivity index (χ1v) is 7.90. The predicted molar refractivity (Wildman–Crippen MR) is 77.1 cm³/mol. The molecule has 2 aliphatic carbocycles. The molecule has 0 amide bonds. The summed E-state index contributed by atoms with van der Waals surface area (Å²) in [6, 6.07) is 0.665. The Kier molecular flexibility index (Phi) is 4.54. The maximum Gasteiger partial charge on any atom is 0.310 e. The maximum atomic E-state index is 11.8. The summed E-state index contributed by atoms with van der Waals surface area (Å²) in [5, 5.41) is 9.73. The molecular formula is C16H29NO2. The topological polar surface area (TPSA) is 40.5 Å². The van der Waals surface area contributed by atoms with Crippen LogP contribution in [0, 0.1) is 17.3 Å². The molecule has 0 unspecified atom stereocenters. The van der Waals surface area contributed by atoms with Gasteiger partial charge >= 0.3 is 5.97 Å². The molecule has 3 nitrogen and oxygen atoms in total. The van der Waals surface area contributed by atoms with Crippen LogP contribution in [0.25, 0.3) is 0 Å². The number of nitrogens with zero attached hydrogens (tertiary/aromatic N) is 1. The number of hydrogen-bond acceptors (Lipinski definition) is 2. The van der Waals surface area contributed by atoms with Crippen molar-refractivity contribution in [3.63, 3.8) is 0 Å². The molecule has 2 saturated carbocycles. The highest BCUT2D eigenvalue weighted by Gasteiger charge is 2.44. The van der Waals surface area contributed by atoms with E-state index in [-0.39, 0.29) is 0 Å². The highest BCUT2D eigenvalue weighted by atomic mass is 16.4. The van der Waals surface area contributed by atoms with Crippen molar-refractivity contribution >= 4 is 5.97 Å². The van der Waals surface area contributed by atoms with Crippen molar-refractivity contribution in [1.82, 2.24) is 4.90 Å². The quantitative estimate of drug-likeness (QED) is 0.802. The molecule has 2 rings (SSSR count). The molecule has 0 spiro atoms. The Hall–Kier alpha value is -0.570. The van der Waals surface area contributed by atoms with Gasteiger partial charge in [-0.15, -0.1) is 0 Å². The molecule has 2 aliphatic rings. The van der Waals surface area contributed by atoms with Gasteiger partial charge in [-0.2, -0.15) is 0 Å². The van der Waals surface area contributed by atoms with E-state index in [1.165, 1.54) is 12.8 Å². The third kappa shape index (κ3) is 3.71. The van der Waals surface area contributed by atoms with Gasteiger partial charge in [0.15, 0.2) is 0 Å². The number of carboxylic acids is 1. The van der Waals surface area contributed by atoms with Crippen molar-refractivity contribution in [1.29, 1.82) is 0 Å². The summed E-state index contributed by atoms with van der Waals surface area (Å²) in [6.45, 7) is 8.53. The summed E-state index contributed by atoms with van der Waals surface area (Å²) < 4.78 is 0. The highest BCUT2D eigenvalue weighted by Crippen LogP contribution is 2.42. The lowest BCUT2D eigenvalue weighted by atomic mass is 9.70. The molecule has 0 aliphatic heterocycles. The summed E-state index contributed by atoms with van der Waals surface area (Å²) in [5.74, 6) is 0.759. The fourth-order valence-corrected chi connectivity index (χ4v) is 3.39. The van der Waals surface area contributed by atoms with Crippen molar-refractivity contribution in [3.8, 4) is 0 Å². The van der Waals surface area contributed by atoms with Crippen molar-refractivity contribution in [3.05, 3.63) is 0 Å². The molecule has 0 atom stereocenters. The van der Waals surface area contributed by atoms with E-state index in [2.05, 4.69) is 25.7 Å². The van der Waals surface area contributed by atoms with Crippen LogP contribution >= 0.6 is 0 Å².